The van der Waals surface area contributed by atoms with E-state index in [0.717, 1.165) is 55.3 Å². The van der Waals surface area contributed by atoms with E-state index in [1.165, 1.54) is 21.5 Å². The summed E-state index contributed by atoms with van der Waals surface area (Å²) in [4.78, 5) is 15.0. The highest BCUT2D eigenvalue weighted by molar-refractivity contribution is 6.23. The van der Waals surface area contributed by atoms with Crippen LogP contribution in [-0.4, -0.2) is 19.5 Å². The monoisotopic (exact) mass is 614 g/mol. The van der Waals surface area contributed by atoms with Gasteiger partial charge < -0.3 is 8.98 Å². The van der Waals surface area contributed by atoms with Gasteiger partial charge in [0, 0.05) is 27.3 Å². The lowest BCUT2D eigenvalue weighted by Gasteiger charge is -2.13. The van der Waals surface area contributed by atoms with Gasteiger partial charge in [0.2, 0.25) is 0 Å². The van der Waals surface area contributed by atoms with Crippen molar-refractivity contribution in [1.82, 2.24) is 19.5 Å². The van der Waals surface area contributed by atoms with Crippen molar-refractivity contribution in [2.75, 3.05) is 0 Å². The summed E-state index contributed by atoms with van der Waals surface area (Å²) in [6.07, 6.45) is 0. The van der Waals surface area contributed by atoms with Crippen LogP contribution in [0.15, 0.2) is 162 Å². The van der Waals surface area contributed by atoms with E-state index in [0.29, 0.717) is 17.5 Å². The molecule has 48 heavy (non-hydrogen) atoms. The van der Waals surface area contributed by atoms with Crippen LogP contribution in [0.2, 0.25) is 0 Å². The van der Waals surface area contributed by atoms with Gasteiger partial charge in [-0.3, -0.25) is 0 Å². The molecule has 10 rings (SSSR count). The van der Waals surface area contributed by atoms with Gasteiger partial charge in [-0.15, -0.1) is 0 Å². The topological polar surface area (TPSA) is 56.7 Å². The maximum atomic E-state index is 6.75. The van der Waals surface area contributed by atoms with Gasteiger partial charge in [0.25, 0.3) is 0 Å². The lowest BCUT2D eigenvalue weighted by Crippen LogP contribution is -2.01. The molecule has 0 spiro atoms. The van der Waals surface area contributed by atoms with Gasteiger partial charge in [0.15, 0.2) is 17.5 Å². The number of hydrogen-bond acceptors (Lipinski definition) is 4. The normalized spacial score (nSPS) is 11.8. The van der Waals surface area contributed by atoms with Gasteiger partial charge in [-0.1, -0.05) is 127 Å². The zero-order valence-corrected chi connectivity index (χ0v) is 25.7. The molecule has 0 aliphatic heterocycles. The molecule has 7 aromatic carbocycles. The zero-order chi connectivity index (χ0) is 31.6. The maximum absolute atomic E-state index is 6.75. The minimum Gasteiger partial charge on any atom is -0.455 e. The number of rotatable bonds is 4. The Hall–Kier alpha value is -6.59. The standard InChI is InChI=1S/C43H26N4O/c1-3-14-28(15-4-1)41-44-42(29-16-5-2-6-17-29)46-43(45-41)33-24-26-36(39-32-20-10-12-22-37(32)48-40(33)39)47-34-21-11-9-19-31(34)38-30-18-8-7-13-27(30)23-25-35(38)47/h1-26H. The van der Waals surface area contributed by atoms with E-state index in [4.69, 9.17) is 19.4 Å². The van der Waals surface area contributed by atoms with E-state index in [2.05, 4.69) is 89.5 Å². The molecule has 3 heterocycles. The molecule has 0 aliphatic rings. The van der Waals surface area contributed by atoms with Crippen LogP contribution in [0.25, 0.3) is 94.4 Å². The minimum atomic E-state index is 0.562. The van der Waals surface area contributed by atoms with Crippen molar-refractivity contribution < 1.29 is 4.42 Å². The van der Waals surface area contributed by atoms with Gasteiger partial charge in [0.05, 0.1) is 27.7 Å². The summed E-state index contributed by atoms with van der Waals surface area (Å²) in [7, 11) is 0. The van der Waals surface area contributed by atoms with E-state index < -0.39 is 0 Å². The molecule has 3 aromatic heterocycles. The molecule has 224 valence electrons. The van der Waals surface area contributed by atoms with Crippen LogP contribution in [0.3, 0.4) is 0 Å². The Morgan fingerprint density at radius 3 is 1.77 bits per heavy atom. The number of benzene rings is 7. The van der Waals surface area contributed by atoms with Crippen molar-refractivity contribution in [1.29, 1.82) is 0 Å². The first-order valence-electron chi connectivity index (χ1n) is 16.0. The molecule has 0 saturated carbocycles. The molecule has 0 saturated heterocycles. The van der Waals surface area contributed by atoms with Crippen LogP contribution in [-0.2, 0) is 0 Å². The Balaban J connectivity index is 1.30. The van der Waals surface area contributed by atoms with Crippen molar-refractivity contribution in [3.63, 3.8) is 0 Å². The maximum Gasteiger partial charge on any atom is 0.167 e. The van der Waals surface area contributed by atoms with Crippen molar-refractivity contribution in [2.45, 2.75) is 0 Å². The largest absolute Gasteiger partial charge is 0.455 e. The van der Waals surface area contributed by atoms with Crippen LogP contribution in [0, 0.1) is 0 Å². The zero-order valence-electron chi connectivity index (χ0n) is 25.7. The third kappa shape index (κ3) is 4.01. The van der Waals surface area contributed by atoms with Crippen LogP contribution in [0.5, 0.6) is 0 Å². The highest BCUT2D eigenvalue weighted by Crippen LogP contribution is 2.43. The number of nitrogens with zero attached hydrogens (tertiary/aromatic N) is 4. The number of furan rings is 1. The quantitative estimate of drug-likeness (QED) is 0.198. The minimum absolute atomic E-state index is 0.562. The summed E-state index contributed by atoms with van der Waals surface area (Å²) in [6, 6.07) is 54.4. The summed E-state index contributed by atoms with van der Waals surface area (Å²) in [5.74, 6) is 1.79. The van der Waals surface area contributed by atoms with Gasteiger partial charge in [0.1, 0.15) is 11.2 Å². The summed E-state index contributed by atoms with van der Waals surface area (Å²) in [6.45, 7) is 0. The molecular formula is C43H26N4O. The van der Waals surface area contributed by atoms with E-state index in [1.54, 1.807) is 0 Å². The predicted octanol–water partition coefficient (Wildman–Crippen LogP) is 11.0. The third-order valence-electron chi connectivity index (χ3n) is 9.25. The van der Waals surface area contributed by atoms with Crippen molar-refractivity contribution in [2.24, 2.45) is 0 Å². The predicted molar refractivity (Wildman–Crippen MR) is 195 cm³/mol. The molecule has 5 nitrogen and oxygen atoms in total. The fourth-order valence-electron chi connectivity index (χ4n) is 7.10. The first-order valence-corrected chi connectivity index (χ1v) is 16.0. The van der Waals surface area contributed by atoms with Gasteiger partial charge in [-0.05, 0) is 41.1 Å². The Morgan fingerprint density at radius 1 is 0.417 bits per heavy atom. The summed E-state index contributed by atoms with van der Waals surface area (Å²) in [5.41, 5.74) is 7.54. The number of aromatic nitrogens is 4. The molecule has 0 atom stereocenters. The molecule has 0 radical (unpaired) electrons. The average Bonchev–Trinajstić information content (AvgIpc) is 3.72. The number of para-hydroxylation sites is 2. The Kier molecular flexibility index (Phi) is 5.81. The van der Waals surface area contributed by atoms with E-state index in [1.807, 2.05) is 72.8 Å². The second-order valence-corrected chi connectivity index (χ2v) is 12.0. The fraction of sp³-hybridized carbons (Fsp3) is 0. The van der Waals surface area contributed by atoms with E-state index in [9.17, 15) is 0 Å². The molecule has 0 unspecified atom stereocenters. The lowest BCUT2D eigenvalue weighted by molar-refractivity contribution is 0.669. The van der Waals surface area contributed by atoms with E-state index in [-0.39, 0.29) is 0 Å². The SMILES string of the molecule is c1ccc(-c2nc(-c3ccccc3)nc(-c3ccc(-n4c5ccccc5c5c6ccccc6ccc54)c4c3oc3ccccc34)n2)cc1. The summed E-state index contributed by atoms with van der Waals surface area (Å²) >= 11 is 0. The summed E-state index contributed by atoms with van der Waals surface area (Å²) < 4.78 is 9.13. The van der Waals surface area contributed by atoms with E-state index >= 15 is 0 Å². The number of fused-ring (bicyclic) bond motifs is 8. The highest BCUT2D eigenvalue weighted by Gasteiger charge is 2.23. The van der Waals surface area contributed by atoms with Crippen molar-refractivity contribution in [3.05, 3.63) is 158 Å². The lowest BCUT2D eigenvalue weighted by atomic mass is 10.0. The molecule has 0 fully saturated rings. The third-order valence-corrected chi connectivity index (χ3v) is 9.25. The second kappa shape index (κ2) is 10.5. The molecule has 0 N–H and O–H groups in total. The van der Waals surface area contributed by atoms with Crippen LogP contribution >= 0.6 is 0 Å². The van der Waals surface area contributed by atoms with Gasteiger partial charge >= 0.3 is 0 Å². The highest BCUT2D eigenvalue weighted by atomic mass is 16.3. The van der Waals surface area contributed by atoms with Gasteiger partial charge in [-0.2, -0.15) is 0 Å². The Labute approximate surface area is 275 Å². The first-order chi connectivity index (χ1) is 23.8. The first kappa shape index (κ1) is 26.6. The number of hydrogen-bond donors (Lipinski definition) is 0. The van der Waals surface area contributed by atoms with Crippen molar-refractivity contribution >= 4 is 54.5 Å². The molecule has 0 bridgehead atoms. The van der Waals surface area contributed by atoms with Crippen LogP contribution in [0.1, 0.15) is 0 Å². The molecule has 0 aliphatic carbocycles. The smallest absolute Gasteiger partial charge is 0.167 e. The summed E-state index contributed by atoms with van der Waals surface area (Å²) in [5, 5.41) is 6.97. The van der Waals surface area contributed by atoms with Crippen LogP contribution in [0.4, 0.5) is 0 Å². The second-order valence-electron chi connectivity index (χ2n) is 12.0. The average molecular weight is 615 g/mol. The van der Waals surface area contributed by atoms with Gasteiger partial charge in [-0.25, -0.2) is 15.0 Å². The Morgan fingerprint density at radius 2 is 1.02 bits per heavy atom. The molecule has 5 heteroatoms. The Bertz CT molecular complexity index is 2780. The van der Waals surface area contributed by atoms with Crippen LogP contribution < -0.4 is 0 Å². The molecule has 0 amide bonds. The molecule has 10 aromatic rings. The molecular weight excluding hydrogens is 589 g/mol. The van der Waals surface area contributed by atoms with Crippen molar-refractivity contribution in [3.8, 4) is 39.9 Å². The fourth-order valence-corrected chi connectivity index (χ4v) is 7.10.